The minimum atomic E-state index is -0.505. The number of anilines is 2. The number of carbonyl (C=O) groups excluding carboxylic acids is 2. The Balaban J connectivity index is 1.66. The molecule has 0 saturated carbocycles. The highest BCUT2D eigenvalue weighted by Gasteiger charge is 2.17. The first-order chi connectivity index (χ1) is 14.9. The summed E-state index contributed by atoms with van der Waals surface area (Å²) in [5.41, 5.74) is 1.59. The van der Waals surface area contributed by atoms with E-state index < -0.39 is 6.04 Å². The molecule has 0 aliphatic rings. The van der Waals surface area contributed by atoms with Crippen molar-refractivity contribution in [2.45, 2.75) is 19.9 Å². The van der Waals surface area contributed by atoms with Crippen molar-refractivity contribution in [3.8, 4) is 11.5 Å². The van der Waals surface area contributed by atoms with Gasteiger partial charge in [-0.15, -0.1) is 0 Å². The van der Waals surface area contributed by atoms with Crippen LogP contribution in [0.1, 0.15) is 30.2 Å². The Morgan fingerprint density at radius 2 is 1.84 bits per heavy atom. The topological polar surface area (TPSA) is 107 Å². The van der Waals surface area contributed by atoms with E-state index in [-0.39, 0.29) is 11.8 Å². The van der Waals surface area contributed by atoms with Gasteiger partial charge in [-0.25, -0.2) is 9.67 Å². The predicted octanol–water partition coefficient (Wildman–Crippen LogP) is 3.90. The van der Waals surface area contributed by atoms with Crippen molar-refractivity contribution in [2.75, 3.05) is 24.4 Å². The SMILES string of the molecule is CCOc1c(Br)cc(C(=O)Nc2ccc(NC(=O)C(C)n3cncn3)cc2)cc1OC. The van der Waals surface area contributed by atoms with E-state index in [2.05, 4.69) is 36.6 Å². The Hall–Kier alpha value is -3.40. The van der Waals surface area contributed by atoms with Gasteiger partial charge in [-0.05, 0) is 66.2 Å². The highest BCUT2D eigenvalue weighted by Crippen LogP contribution is 2.36. The lowest BCUT2D eigenvalue weighted by Crippen LogP contribution is -2.24. The molecule has 9 nitrogen and oxygen atoms in total. The van der Waals surface area contributed by atoms with Crippen LogP contribution in [0, 0.1) is 0 Å². The van der Waals surface area contributed by atoms with Gasteiger partial charge in [0, 0.05) is 16.9 Å². The lowest BCUT2D eigenvalue weighted by atomic mass is 10.1. The van der Waals surface area contributed by atoms with Gasteiger partial charge < -0.3 is 20.1 Å². The summed E-state index contributed by atoms with van der Waals surface area (Å²) < 4.78 is 13.0. The van der Waals surface area contributed by atoms with Crippen molar-refractivity contribution >= 4 is 39.1 Å². The van der Waals surface area contributed by atoms with Gasteiger partial charge in [0.2, 0.25) is 5.91 Å². The Bertz CT molecular complexity index is 1050. The smallest absolute Gasteiger partial charge is 0.255 e. The average molecular weight is 488 g/mol. The molecular weight excluding hydrogens is 466 g/mol. The largest absolute Gasteiger partial charge is 0.493 e. The van der Waals surface area contributed by atoms with Crippen LogP contribution in [0.15, 0.2) is 53.5 Å². The number of benzene rings is 2. The Morgan fingerprint density at radius 3 is 2.42 bits per heavy atom. The first kappa shape index (κ1) is 22.3. The van der Waals surface area contributed by atoms with Crippen molar-refractivity contribution in [2.24, 2.45) is 0 Å². The van der Waals surface area contributed by atoms with Gasteiger partial charge in [0.1, 0.15) is 18.7 Å². The fraction of sp³-hybridized carbons (Fsp3) is 0.238. The molecule has 0 fully saturated rings. The molecule has 0 spiro atoms. The number of aromatic nitrogens is 3. The zero-order valence-electron chi connectivity index (χ0n) is 17.3. The second-order valence-corrected chi connectivity index (χ2v) is 7.35. The highest BCUT2D eigenvalue weighted by molar-refractivity contribution is 9.10. The number of ether oxygens (including phenoxy) is 2. The molecule has 162 valence electrons. The first-order valence-electron chi connectivity index (χ1n) is 9.49. The van der Waals surface area contributed by atoms with Crippen molar-refractivity contribution in [1.82, 2.24) is 14.8 Å². The van der Waals surface area contributed by atoms with E-state index >= 15 is 0 Å². The zero-order valence-corrected chi connectivity index (χ0v) is 18.8. The molecule has 1 heterocycles. The Kier molecular flexibility index (Phi) is 7.24. The molecule has 1 unspecified atom stereocenters. The van der Waals surface area contributed by atoms with Gasteiger partial charge in [-0.2, -0.15) is 5.10 Å². The van der Waals surface area contributed by atoms with Gasteiger partial charge in [0.05, 0.1) is 18.2 Å². The molecule has 0 bridgehead atoms. The van der Waals surface area contributed by atoms with E-state index in [1.54, 1.807) is 43.3 Å². The van der Waals surface area contributed by atoms with Crippen molar-refractivity contribution in [1.29, 1.82) is 0 Å². The molecule has 3 rings (SSSR count). The number of hydrogen-bond acceptors (Lipinski definition) is 6. The summed E-state index contributed by atoms with van der Waals surface area (Å²) in [5, 5.41) is 9.59. The summed E-state index contributed by atoms with van der Waals surface area (Å²) in [4.78, 5) is 28.8. The van der Waals surface area contributed by atoms with Crippen LogP contribution in [0.4, 0.5) is 11.4 Å². The minimum absolute atomic E-state index is 0.228. The third kappa shape index (κ3) is 5.40. The standard InChI is InChI=1S/C21H22BrN5O4/c1-4-31-19-17(22)9-14(10-18(19)30-3)21(29)26-16-7-5-15(6-8-16)25-20(28)13(2)27-12-23-11-24-27/h5-13H,4H2,1-3H3,(H,25,28)(H,26,29). The Morgan fingerprint density at radius 1 is 1.16 bits per heavy atom. The normalized spacial score (nSPS) is 11.5. The van der Waals surface area contributed by atoms with Crippen LogP contribution in [-0.4, -0.2) is 40.3 Å². The summed E-state index contributed by atoms with van der Waals surface area (Å²) in [7, 11) is 1.52. The molecule has 10 heteroatoms. The maximum Gasteiger partial charge on any atom is 0.255 e. The second kappa shape index (κ2) is 10.1. The molecule has 0 saturated heterocycles. The summed E-state index contributed by atoms with van der Waals surface area (Å²) >= 11 is 3.42. The van der Waals surface area contributed by atoms with Crippen LogP contribution >= 0.6 is 15.9 Å². The number of amides is 2. The molecule has 0 aliphatic heterocycles. The van der Waals surface area contributed by atoms with Crippen LogP contribution in [0.2, 0.25) is 0 Å². The van der Waals surface area contributed by atoms with Crippen LogP contribution in [0.3, 0.4) is 0 Å². The molecule has 2 aromatic carbocycles. The molecule has 3 aromatic rings. The van der Waals surface area contributed by atoms with E-state index in [0.717, 1.165) is 0 Å². The van der Waals surface area contributed by atoms with Gasteiger partial charge in [0.15, 0.2) is 11.5 Å². The minimum Gasteiger partial charge on any atom is -0.493 e. The number of hydrogen-bond donors (Lipinski definition) is 2. The molecular formula is C21H22BrN5O4. The number of rotatable bonds is 8. The third-order valence-corrected chi connectivity index (χ3v) is 4.99. The van der Waals surface area contributed by atoms with E-state index in [1.807, 2.05) is 6.92 Å². The molecule has 0 aliphatic carbocycles. The lowest BCUT2D eigenvalue weighted by Gasteiger charge is -2.14. The van der Waals surface area contributed by atoms with Crippen LogP contribution in [-0.2, 0) is 4.79 Å². The fourth-order valence-corrected chi connectivity index (χ4v) is 3.32. The lowest BCUT2D eigenvalue weighted by molar-refractivity contribution is -0.119. The number of methoxy groups -OCH3 is 1. The van der Waals surface area contributed by atoms with Crippen molar-refractivity contribution in [3.63, 3.8) is 0 Å². The summed E-state index contributed by atoms with van der Waals surface area (Å²) in [5.74, 6) is 0.468. The number of nitrogens with zero attached hydrogens (tertiary/aromatic N) is 3. The Labute approximate surface area is 187 Å². The molecule has 0 radical (unpaired) electrons. The van der Waals surface area contributed by atoms with E-state index in [0.29, 0.717) is 39.5 Å². The maximum absolute atomic E-state index is 12.7. The molecule has 2 amide bonds. The fourth-order valence-electron chi connectivity index (χ4n) is 2.76. The molecule has 31 heavy (non-hydrogen) atoms. The number of nitrogens with one attached hydrogen (secondary N) is 2. The second-order valence-electron chi connectivity index (χ2n) is 6.49. The molecule has 1 atom stereocenters. The van der Waals surface area contributed by atoms with E-state index in [4.69, 9.17) is 9.47 Å². The highest BCUT2D eigenvalue weighted by atomic mass is 79.9. The van der Waals surface area contributed by atoms with Gasteiger partial charge in [-0.1, -0.05) is 0 Å². The van der Waals surface area contributed by atoms with E-state index in [1.165, 1.54) is 24.4 Å². The zero-order chi connectivity index (χ0) is 22.4. The predicted molar refractivity (Wildman–Crippen MR) is 120 cm³/mol. The summed E-state index contributed by atoms with van der Waals surface area (Å²) in [6, 6.07) is 9.60. The van der Waals surface area contributed by atoms with Crippen LogP contribution < -0.4 is 20.1 Å². The van der Waals surface area contributed by atoms with Crippen LogP contribution in [0.5, 0.6) is 11.5 Å². The number of carbonyl (C=O) groups is 2. The van der Waals surface area contributed by atoms with E-state index in [9.17, 15) is 9.59 Å². The summed E-state index contributed by atoms with van der Waals surface area (Å²) in [6.45, 7) is 4.07. The molecule has 2 N–H and O–H groups in total. The quantitative estimate of drug-likeness (QED) is 0.498. The van der Waals surface area contributed by atoms with Crippen molar-refractivity contribution < 1.29 is 19.1 Å². The third-order valence-electron chi connectivity index (χ3n) is 4.40. The summed E-state index contributed by atoms with van der Waals surface area (Å²) in [6.07, 6.45) is 2.86. The van der Waals surface area contributed by atoms with Crippen LogP contribution in [0.25, 0.3) is 0 Å². The average Bonchev–Trinajstić information content (AvgIpc) is 3.30. The van der Waals surface area contributed by atoms with Crippen molar-refractivity contribution in [3.05, 3.63) is 59.1 Å². The van der Waals surface area contributed by atoms with Gasteiger partial charge in [-0.3, -0.25) is 9.59 Å². The monoisotopic (exact) mass is 487 g/mol. The maximum atomic E-state index is 12.7. The van der Waals surface area contributed by atoms with Gasteiger partial charge >= 0.3 is 0 Å². The number of halogens is 1. The molecule has 1 aromatic heterocycles. The van der Waals surface area contributed by atoms with Gasteiger partial charge in [0.25, 0.3) is 5.91 Å². The first-order valence-corrected chi connectivity index (χ1v) is 10.3.